The second-order valence-electron chi connectivity index (χ2n) is 7.15. The van der Waals surface area contributed by atoms with Gasteiger partial charge in [0, 0.05) is 32.0 Å². The standard InChI is InChI=1S/C18H27N3O4/c1-11-14(17(23)20-12(2)19-11)10-16(22)21-8-7-18(25-4)6-5-13(24-3)9-15(18)21/h13,15H,5-10H2,1-4H3,(H,19,20,23)/t13-,15-,18+/m0/s1. The lowest BCUT2D eigenvalue weighted by molar-refractivity contribution is -0.140. The molecule has 1 saturated carbocycles. The van der Waals surface area contributed by atoms with E-state index < -0.39 is 0 Å². The molecule has 7 nitrogen and oxygen atoms in total. The number of fused-ring (bicyclic) bond motifs is 1. The number of hydrogen-bond donors (Lipinski definition) is 1. The Bertz CT molecular complexity index is 717. The van der Waals surface area contributed by atoms with Crippen LogP contribution >= 0.6 is 0 Å². The number of aromatic nitrogens is 2. The fraction of sp³-hybridized carbons (Fsp3) is 0.722. The molecular formula is C18H27N3O4. The highest BCUT2D eigenvalue weighted by atomic mass is 16.5. The second kappa shape index (κ2) is 6.88. The first kappa shape index (κ1) is 18.1. The smallest absolute Gasteiger partial charge is 0.254 e. The number of ether oxygens (including phenoxy) is 2. The summed E-state index contributed by atoms with van der Waals surface area (Å²) in [6.07, 6.45) is 3.66. The van der Waals surface area contributed by atoms with Gasteiger partial charge in [-0.25, -0.2) is 4.98 Å². The van der Waals surface area contributed by atoms with Crippen LogP contribution in [0, 0.1) is 13.8 Å². The van der Waals surface area contributed by atoms with Gasteiger partial charge in [0.05, 0.1) is 24.2 Å². The maximum Gasteiger partial charge on any atom is 0.254 e. The SMILES string of the molecule is CO[C@H]1CC[C@@]2(OC)CCN(C(=O)Cc3c(C)nc(C)[nH]c3=O)[C@H]2C1. The van der Waals surface area contributed by atoms with E-state index in [1.54, 1.807) is 28.1 Å². The molecule has 1 amide bonds. The molecule has 2 heterocycles. The third-order valence-electron chi connectivity index (χ3n) is 5.86. The average Bonchev–Trinajstić information content (AvgIpc) is 2.97. The van der Waals surface area contributed by atoms with Crippen LogP contribution in [0.15, 0.2) is 4.79 Å². The van der Waals surface area contributed by atoms with Crippen molar-refractivity contribution in [1.29, 1.82) is 0 Å². The third-order valence-corrected chi connectivity index (χ3v) is 5.86. The van der Waals surface area contributed by atoms with Crippen LogP contribution in [0.5, 0.6) is 0 Å². The van der Waals surface area contributed by atoms with E-state index in [0.29, 0.717) is 23.6 Å². The topological polar surface area (TPSA) is 84.5 Å². The van der Waals surface area contributed by atoms with Crippen molar-refractivity contribution in [3.63, 3.8) is 0 Å². The van der Waals surface area contributed by atoms with E-state index in [1.165, 1.54) is 0 Å². The van der Waals surface area contributed by atoms with Gasteiger partial charge in [0.2, 0.25) is 5.91 Å². The molecule has 0 unspecified atom stereocenters. The normalized spacial score (nSPS) is 28.9. The van der Waals surface area contributed by atoms with E-state index in [0.717, 1.165) is 25.7 Å². The molecule has 2 fully saturated rings. The number of nitrogens with zero attached hydrogens (tertiary/aromatic N) is 2. The summed E-state index contributed by atoms with van der Waals surface area (Å²) in [5, 5.41) is 0. The van der Waals surface area contributed by atoms with Crippen LogP contribution in [0.4, 0.5) is 0 Å². The first-order valence-electron chi connectivity index (χ1n) is 8.84. The van der Waals surface area contributed by atoms with Crippen LogP contribution in [0.25, 0.3) is 0 Å². The van der Waals surface area contributed by atoms with E-state index in [-0.39, 0.29) is 35.6 Å². The molecule has 1 aromatic rings. The summed E-state index contributed by atoms with van der Waals surface area (Å²) < 4.78 is 11.4. The predicted molar refractivity (Wildman–Crippen MR) is 92.5 cm³/mol. The summed E-state index contributed by atoms with van der Waals surface area (Å²) >= 11 is 0. The van der Waals surface area contributed by atoms with E-state index in [9.17, 15) is 9.59 Å². The molecule has 3 atom stereocenters. The highest BCUT2D eigenvalue weighted by molar-refractivity contribution is 5.79. The van der Waals surface area contributed by atoms with E-state index >= 15 is 0 Å². The highest BCUT2D eigenvalue weighted by Gasteiger charge is 2.52. The van der Waals surface area contributed by atoms with Crippen LogP contribution in [0.1, 0.15) is 42.8 Å². The number of likely N-dealkylation sites (tertiary alicyclic amines) is 1. The number of H-pyrrole nitrogens is 1. The summed E-state index contributed by atoms with van der Waals surface area (Å²) in [5.74, 6) is 0.522. The molecule has 0 aromatic carbocycles. The summed E-state index contributed by atoms with van der Waals surface area (Å²) in [5.41, 5.74) is 0.557. The molecule has 0 radical (unpaired) electrons. The van der Waals surface area contributed by atoms with Crippen molar-refractivity contribution in [2.45, 2.75) is 63.7 Å². The third kappa shape index (κ3) is 3.22. The van der Waals surface area contributed by atoms with Gasteiger partial charge < -0.3 is 19.4 Å². The minimum Gasteiger partial charge on any atom is -0.381 e. The molecular weight excluding hydrogens is 322 g/mol. The van der Waals surface area contributed by atoms with Crippen LogP contribution < -0.4 is 5.56 Å². The van der Waals surface area contributed by atoms with E-state index in [4.69, 9.17) is 9.47 Å². The number of amides is 1. The lowest BCUT2D eigenvalue weighted by Crippen LogP contribution is -2.53. The van der Waals surface area contributed by atoms with Gasteiger partial charge in [-0.2, -0.15) is 0 Å². The number of hydrogen-bond acceptors (Lipinski definition) is 5. The molecule has 7 heteroatoms. The molecule has 3 rings (SSSR count). The first-order chi connectivity index (χ1) is 11.9. The largest absolute Gasteiger partial charge is 0.381 e. The molecule has 1 aliphatic carbocycles. The summed E-state index contributed by atoms with van der Waals surface area (Å²) in [6, 6.07) is 0.00138. The Balaban J connectivity index is 1.82. The number of nitrogens with one attached hydrogen (secondary N) is 1. The van der Waals surface area contributed by atoms with Gasteiger partial charge in [-0.15, -0.1) is 0 Å². The van der Waals surface area contributed by atoms with Gasteiger partial charge in [0.25, 0.3) is 5.56 Å². The summed E-state index contributed by atoms with van der Waals surface area (Å²) in [4.78, 5) is 34.0. The van der Waals surface area contributed by atoms with Crippen molar-refractivity contribution in [2.24, 2.45) is 0 Å². The van der Waals surface area contributed by atoms with Crippen molar-refractivity contribution in [2.75, 3.05) is 20.8 Å². The number of methoxy groups -OCH3 is 2. The van der Waals surface area contributed by atoms with Gasteiger partial charge in [0.1, 0.15) is 5.82 Å². The number of aromatic amines is 1. The minimum absolute atomic E-state index is 0.00138. The fourth-order valence-corrected chi connectivity index (χ4v) is 4.39. The molecule has 0 bridgehead atoms. The van der Waals surface area contributed by atoms with Gasteiger partial charge in [-0.1, -0.05) is 0 Å². The van der Waals surface area contributed by atoms with Crippen LogP contribution in [0.3, 0.4) is 0 Å². The minimum atomic E-state index is -0.280. The van der Waals surface area contributed by atoms with Crippen LogP contribution in [-0.4, -0.2) is 59.3 Å². The van der Waals surface area contributed by atoms with Crippen LogP contribution in [0.2, 0.25) is 0 Å². The van der Waals surface area contributed by atoms with Crippen molar-refractivity contribution >= 4 is 5.91 Å². The first-order valence-corrected chi connectivity index (χ1v) is 8.84. The van der Waals surface area contributed by atoms with Crippen molar-refractivity contribution in [1.82, 2.24) is 14.9 Å². The fourth-order valence-electron chi connectivity index (χ4n) is 4.39. The monoisotopic (exact) mass is 349 g/mol. The molecule has 25 heavy (non-hydrogen) atoms. The Kier molecular flexibility index (Phi) is 4.97. The average molecular weight is 349 g/mol. The maximum absolute atomic E-state index is 13.0. The Morgan fingerprint density at radius 1 is 1.36 bits per heavy atom. The zero-order valence-corrected chi connectivity index (χ0v) is 15.4. The molecule has 1 aromatic heterocycles. The lowest BCUT2D eigenvalue weighted by atomic mass is 9.79. The molecule has 1 aliphatic heterocycles. The van der Waals surface area contributed by atoms with Gasteiger partial charge in [-0.05, 0) is 39.5 Å². The highest BCUT2D eigenvalue weighted by Crippen LogP contribution is 2.43. The lowest BCUT2D eigenvalue weighted by Gasteiger charge is -2.43. The van der Waals surface area contributed by atoms with Gasteiger partial charge in [0.15, 0.2) is 0 Å². The van der Waals surface area contributed by atoms with Crippen molar-refractivity contribution in [3.05, 3.63) is 27.4 Å². The van der Waals surface area contributed by atoms with Gasteiger partial charge >= 0.3 is 0 Å². The van der Waals surface area contributed by atoms with Crippen molar-refractivity contribution in [3.8, 4) is 0 Å². The Hall–Kier alpha value is -1.73. The number of rotatable bonds is 4. The molecule has 1 N–H and O–H groups in total. The number of aryl methyl sites for hydroxylation is 2. The molecule has 2 aliphatic rings. The van der Waals surface area contributed by atoms with E-state index in [1.807, 2.05) is 4.90 Å². The zero-order valence-electron chi connectivity index (χ0n) is 15.4. The molecule has 0 spiro atoms. The zero-order chi connectivity index (χ0) is 18.2. The van der Waals surface area contributed by atoms with E-state index in [2.05, 4.69) is 9.97 Å². The van der Waals surface area contributed by atoms with Crippen molar-refractivity contribution < 1.29 is 14.3 Å². The number of carbonyl (C=O) groups excluding carboxylic acids is 1. The number of carbonyl (C=O) groups is 1. The second-order valence-corrected chi connectivity index (χ2v) is 7.15. The molecule has 1 saturated heterocycles. The van der Waals surface area contributed by atoms with Gasteiger partial charge in [-0.3, -0.25) is 9.59 Å². The Morgan fingerprint density at radius 3 is 2.76 bits per heavy atom. The summed E-state index contributed by atoms with van der Waals surface area (Å²) in [7, 11) is 3.44. The Labute approximate surface area is 147 Å². The quantitative estimate of drug-likeness (QED) is 0.880. The van der Waals surface area contributed by atoms with Crippen LogP contribution in [-0.2, 0) is 20.7 Å². The summed E-state index contributed by atoms with van der Waals surface area (Å²) in [6.45, 7) is 4.17. The molecule has 138 valence electrons. The Morgan fingerprint density at radius 2 is 2.12 bits per heavy atom. The maximum atomic E-state index is 13.0. The predicted octanol–water partition coefficient (Wildman–Crippen LogP) is 1.11.